The standard InChI is InChI=1S/C19H22ClN3O3/c1-14(26-17-4-2-3-16(20)11-17)19(24)22-13-15-5-6-18(21-12-15)23-7-9-25-10-8-23/h2-6,11-12,14H,7-10,13H2,1H3,(H,22,24). The number of anilines is 1. The minimum Gasteiger partial charge on any atom is -0.481 e. The highest BCUT2D eigenvalue weighted by Gasteiger charge is 2.15. The second kappa shape index (κ2) is 8.87. The number of amides is 1. The first-order valence-corrected chi connectivity index (χ1v) is 8.97. The van der Waals surface area contributed by atoms with Crippen LogP contribution in [0, 0.1) is 0 Å². The van der Waals surface area contributed by atoms with Crippen molar-refractivity contribution in [1.82, 2.24) is 10.3 Å². The van der Waals surface area contributed by atoms with E-state index in [-0.39, 0.29) is 5.91 Å². The number of rotatable bonds is 6. The zero-order valence-corrected chi connectivity index (χ0v) is 15.4. The predicted octanol–water partition coefficient (Wildman–Crippen LogP) is 2.66. The van der Waals surface area contributed by atoms with Crippen LogP contribution in [0.2, 0.25) is 5.02 Å². The van der Waals surface area contributed by atoms with Crippen LogP contribution in [0.5, 0.6) is 5.75 Å². The van der Waals surface area contributed by atoms with Crippen LogP contribution >= 0.6 is 11.6 Å². The smallest absolute Gasteiger partial charge is 0.261 e. The van der Waals surface area contributed by atoms with E-state index in [1.807, 2.05) is 12.1 Å². The Kier molecular flexibility index (Phi) is 6.30. The zero-order chi connectivity index (χ0) is 18.4. The Balaban J connectivity index is 1.49. The summed E-state index contributed by atoms with van der Waals surface area (Å²) in [4.78, 5) is 18.9. The summed E-state index contributed by atoms with van der Waals surface area (Å²) in [6.07, 6.45) is 1.17. The summed E-state index contributed by atoms with van der Waals surface area (Å²) in [5.74, 6) is 1.31. The lowest BCUT2D eigenvalue weighted by atomic mass is 10.2. The number of hydrogen-bond donors (Lipinski definition) is 1. The second-order valence-electron chi connectivity index (χ2n) is 6.06. The van der Waals surface area contributed by atoms with Gasteiger partial charge in [-0.15, -0.1) is 0 Å². The molecule has 1 aliphatic heterocycles. The Bertz CT molecular complexity index is 733. The molecule has 138 valence electrons. The minimum absolute atomic E-state index is 0.192. The Morgan fingerprint density at radius 3 is 2.85 bits per heavy atom. The third kappa shape index (κ3) is 5.09. The molecule has 1 unspecified atom stereocenters. The molecule has 1 saturated heterocycles. The van der Waals surface area contributed by atoms with E-state index in [1.54, 1.807) is 37.4 Å². The molecular weight excluding hydrogens is 354 g/mol. The average Bonchev–Trinajstić information content (AvgIpc) is 2.67. The van der Waals surface area contributed by atoms with Gasteiger partial charge < -0.3 is 19.7 Å². The van der Waals surface area contributed by atoms with Crippen molar-refractivity contribution in [3.05, 3.63) is 53.2 Å². The van der Waals surface area contributed by atoms with E-state index in [9.17, 15) is 4.79 Å². The number of hydrogen-bond acceptors (Lipinski definition) is 5. The minimum atomic E-state index is -0.617. The molecule has 1 fully saturated rings. The Hall–Kier alpha value is -2.31. The molecule has 1 N–H and O–H groups in total. The molecule has 0 spiro atoms. The van der Waals surface area contributed by atoms with E-state index >= 15 is 0 Å². The van der Waals surface area contributed by atoms with Gasteiger partial charge >= 0.3 is 0 Å². The van der Waals surface area contributed by atoms with Crippen LogP contribution in [0.1, 0.15) is 12.5 Å². The van der Waals surface area contributed by atoms with Gasteiger partial charge in [-0.3, -0.25) is 4.79 Å². The normalized spacial score (nSPS) is 15.4. The number of carbonyl (C=O) groups excluding carboxylic acids is 1. The van der Waals surface area contributed by atoms with E-state index in [0.29, 0.717) is 17.3 Å². The van der Waals surface area contributed by atoms with Gasteiger partial charge in [0.1, 0.15) is 11.6 Å². The number of nitrogens with zero attached hydrogens (tertiary/aromatic N) is 2. The van der Waals surface area contributed by atoms with Crippen LogP contribution in [0.15, 0.2) is 42.6 Å². The van der Waals surface area contributed by atoms with Crippen molar-refractivity contribution in [3.63, 3.8) is 0 Å². The summed E-state index contributed by atoms with van der Waals surface area (Å²) in [7, 11) is 0. The Morgan fingerprint density at radius 2 is 2.15 bits per heavy atom. The van der Waals surface area contributed by atoms with Crippen molar-refractivity contribution in [2.75, 3.05) is 31.2 Å². The van der Waals surface area contributed by atoms with Crippen LogP contribution in [-0.2, 0) is 16.1 Å². The van der Waals surface area contributed by atoms with Gasteiger partial charge in [0.05, 0.1) is 13.2 Å². The highest BCUT2D eigenvalue weighted by atomic mass is 35.5. The topological polar surface area (TPSA) is 63.7 Å². The highest BCUT2D eigenvalue weighted by Crippen LogP contribution is 2.18. The van der Waals surface area contributed by atoms with Gasteiger partial charge in [0, 0.05) is 30.9 Å². The summed E-state index contributed by atoms with van der Waals surface area (Å²) in [6, 6.07) is 10.9. The predicted molar refractivity (Wildman–Crippen MR) is 101 cm³/mol. The van der Waals surface area contributed by atoms with Crippen LogP contribution in [0.25, 0.3) is 0 Å². The lowest BCUT2D eigenvalue weighted by molar-refractivity contribution is -0.127. The SMILES string of the molecule is CC(Oc1cccc(Cl)c1)C(=O)NCc1ccc(N2CCOCC2)nc1. The zero-order valence-electron chi connectivity index (χ0n) is 14.7. The highest BCUT2D eigenvalue weighted by molar-refractivity contribution is 6.30. The molecule has 0 radical (unpaired) electrons. The number of carbonyl (C=O) groups is 1. The molecule has 3 rings (SSSR count). The largest absolute Gasteiger partial charge is 0.481 e. The van der Waals surface area contributed by atoms with Gasteiger partial charge in [0.2, 0.25) is 0 Å². The van der Waals surface area contributed by atoms with Gasteiger partial charge in [-0.25, -0.2) is 4.98 Å². The first kappa shape index (κ1) is 18.5. The van der Waals surface area contributed by atoms with Crippen molar-refractivity contribution in [1.29, 1.82) is 0 Å². The van der Waals surface area contributed by atoms with E-state index < -0.39 is 6.10 Å². The quantitative estimate of drug-likeness (QED) is 0.841. The maximum absolute atomic E-state index is 12.2. The molecule has 26 heavy (non-hydrogen) atoms. The molecule has 0 bridgehead atoms. The van der Waals surface area contributed by atoms with E-state index in [1.165, 1.54) is 0 Å². The molecule has 2 aromatic rings. The van der Waals surface area contributed by atoms with Crippen molar-refractivity contribution >= 4 is 23.3 Å². The van der Waals surface area contributed by atoms with Gasteiger partial charge in [-0.05, 0) is 36.8 Å². The maximum atomic E-state index is 12.2. The maximum Gasteiger partial charge on any atom is 0.261 e. The molecule has 1 amide bonds. The van der Waals surface area contributed by atoms with Crippen LogP contribution in [-0.4, -0.2) is 43.3 Å². The number of benzene rings is 1. The van der Waals surface area contributed by atoms with Gasteiger partial charge in [0.25, 0.3) is 5.91 Å². The number of morpholine rings is 1. The number of aromatic nitrogens is 1. The van der Waals surface area contributed by atoms with E-state index in [2.05, 4.69) is 15.2 Å². The molecule has 0 saturated carbocycles. The molecule has 0 aliphatic carbocycles. The Labute approximate surface area is 158 Å². The third-order valence-electron chi connectivity index (χ3n) is 4.09. The fourth-order valence-electron chi connectivity index (χ4n) is 2.63. The van der Waals surface area contributed by atoms with Crippen molar-refractivity contribution in [2.45, 2.75) is 19.6 Å². The lowest BCUT2D eigenvalue weighted by Gasteiger charge is -2.27. The molecule has 1 atom stereocenters. The van der Waals surface area contributed by atoms with Gasteiger partial charge in [-0.1, -0.05) is 23.7 Å². The van der Waals surface area contributed by atoms with E-state index in [0.717, 1.165) is 37.7 Å². The van der Waals surface area contributed by atoms with Crippen LogP contribution < -0.4 is 15.0 Å². The summed E-state index contributed by atoms with van der Waals surface area (Å²) in [6.45, 7) is 5.26. The first-order chi connectivity index (χ1) is 12.6. The lowest BCUT2D eigenvalue weighted by Crippen LogP contribution is -2.37. The molecule has 1 aliphatic rings. The molecule has 2 heterocycles. The molecule has 1 aromatic heterocycles. The number of halogens is 1. The van der Waals surface area contributed by atoms with Crippen molar-refractivity contribution in [3.8, 4) is 5.75 Å². The van der Waals surface area contributed by atoms with Crippen molar-refractivity contribution in [2.24, 2.45) is 0 Å². The summed E-state index contributed by atoms with van der Waals surface area (Å²) >= 11 is 5.92. The van der Waals surface area contributed by atoms with Crippen LogP contribution in [0.4, 0.5) is 5.82 Å². The van der Waals surface area contributed by atoms with Gasteiger partial charge in [-0.2, -0.15) is 0 Å². The summed E-state index contributed by atoms with van der Waals surface area (Å²) < 4.78 is 11.0. The summed E-state index contributed by atoms with van der Waals surface area (Å²) in [5.41, 5.74) is 0.935. The van der Waals surface area contributed by atoms with Crippen LogP contribution in [0.3, 0.4) is 0 Å². The van der Waals surface area contributed by atoms with Gasteiger partial charge in [0.15, 0.2) is 6.10 Å². The summed E-state index contributed by atoms with van der Waals surface area (Å²) in [5, 5.41) is 3.43. The second-order valence-corrected chi connectivity index (χ2v) is 6.50. The fraction of sp³-hybridized carbons (Fsp3) is 0.368. The number of nitrogens with one attached hydrogen (secondary N) is 1. The molecule has 1 aromatic carbocycles. The first-order valence-electron chi connectivity index (χ1n) is 8.59. The average molecular weight is 376 g/mol. The monoisotopic (exact) mass is 375 g/mol. The number of pyridine rings is 1. The molecule has 7 heteroatoms. The number of ether oxygens (including phenoxy) is 2. The fourth-order valence-corrected chi connectivity index (χ4v) is 2.81. The third-order valence-corrected chi connectivity index (χ3v) is 4.32. The Morgan fingerprint density at radius 1 is 1.35 bits per heavy atom. The van der Waals surface area contributed by atoms with Crippen molar-refractivity contribution < 1.29 is 14.3 Å². The molecular formula is C19H22ClN3O3. The van der Waals surface area contributed by atoms with E-state index in [4.69, 9.17) is 21.1 Å². The molecule has 6 nitrogen and oxygen atoms in total.